The molecular formula is C18H27FN2O3. The molecule has 1 amide bonds. The maximum Gasteiger partial charge on any atom is 0.257 e. The van der Waals surface area contributed by atoms with E-state index in [1.807, 2.05) is 0 Å². The van der Waals surface area contributed by atoms with E-state index < -0.39 is 5.82 Å². The Kier molecular flexibility index (Phi) is 7.46. The first-order chi connectivity index (χ1) is 11.6. The number of morpholine rings is 1. The molecule has 1 aromatic carbocycles. The van der Waals surface area contributed by atoms with Crippen molar-refractivity contribution in [1.29, 1.82) is 0 Å². The summed E-state index contributed by atoms with van der Waals surface area (Å²) >= 11 is 0. The van der Waals surface area contributed by atoms with Gasteiger partial charge in [0.2, 0.25) is 0 Å². The van der Waals surface area contributed by atoms with E-state index >= 15 is 0 Å². The molecule has 1 unspecified atom stereocenters. The maximum absolute atomic E-state index is 13.5. The third-order valence-corrected chi connectivity index (χ3v) is 4.04. The number of benzene rings is 1. The molecule has 1 heterocycles. The molecule has 0 radical (unpaired) electrons. The Bertz CT molecular complexity index is 519. The largest absolute Gasteiger partial charge is 0.481 e. The minimum absolute atomic E-state index is 0.0968. The third kappa shape index (κ3) is 6.09. The second-order valence-electron chi connectivity index (χ2n) is 6.45. The normalized spacial score (nSPS) is 16.8. The molecule has 1 saturated heterocycles. The van der Waals surface area contributed by atoms with Crippen molar-refractivity contribution in [1.82, 2.24) is 10.2 Å². The Labute approximate surface area is 143 Å². The molecular weight excluding hydrogens is 311 g/mol. The summed E-state index contributed by atoms with van der Waals surface area (Å²) in [5, 5.41) is 2.91. The second-order valence-corrected chi connectivity index (χ2v) is 6.45. The lowest BCUT2D eigenvalue weighted by molar-refractivity contribution is -0.123. The molecule has 0 bridgehead atoms. The average Bonchev–Trinajstić information content (AvgIpc) is 2.58. The van der Waals surface area contributed by atoms with Gasteiger partial charge >= 0.3 is 0 Å². The van der Waals surface area contributed by atoms with Crippen molar-refractivity contribution in [3.8, 4) is 5.75 Å². The fourth-order valence-corrected chi connectivity index (χ4v) is 2.84. The summed E-state index contributed by atoms with van der Waals surface area (Å²) in [5.74, 6) is -0.0551. The predicted molar refractivity (Wildman–Crippen MR) is 90.5 cm³/mol. The Morgan fingerprint density at radius 1 is 1.33 bits per heavy atom. The first kappa shape index (κ1) is 18.7. The van der Waals surface area contributed by atoms with E-state index in [1.165, 1.54) is 12.1 Å². The first-order valence-electron chi connectivity index (χ1n) is 8.52. The lowest BCUT2D eigenvalue weighted by Crippen LogP contribution is -2.49. The zero-order chi connectivity index (χ0) is 17.4. The Hall–Kier alpha value is -1.66. The SMILES string of the molecule is CC(C)CC(CNC(=O)COc1ccccc1F)N1CCOCC1. The van der Waals surface area contributed by atoms with Gasteiger partial charge in [-0.15, -0.1) is 0 Å². The van der Waals surface area contributed by atoms with Crippen LogP contribution in [-0.4, -0.2) is 56.3 Å². The number of carbonyl (C=O) groups excluding carboxylic acids is 1. The van der Waals surface area contributed by atoms with Crippen LogP contribution in [0.4, 0.5) is 4.39 Å². The van der Waals surface area contributed by atoms with Crippen LogP contribution in [0.5, 0.6) is 5.75 Å². The van der Waals surface area contributed by atoms with Gasteiger partial charge in [-0.1, -0.05) is 26.0 Å². The standard InChI is InChI=1S/C18H27FN2O3/c1-14(2)11-15(21-7-9-23-10-8-21)12-20-18(22)13-24-17-6-4-3-5-16(17)19/h3-6,14-15H,7-13H2,1-2H3,(H,20,22). The van der Waals surface area contributed by atoms with Gasteiger partial charge in [-0.2, -0.15) is 0 Å². The number of halogens is 1. The van der Waals surface area contributed by atoms with Gasteiger partial charge < -0.3 is 14.8 Å². The molecule has 24 heavy (non-hydrogen) atoms. The van der Waals surface area contributed by atoms with Gasteiger partial charge in [0.25, 0.3) is 5.91 Å². The van der Waals surface area contributed by atoms with Gasteiger partial charge in [-0.25, -0.2) is 4.39 Å². The number of nitrogens with zero attached hydrogens (tertiary/aromatic N) is 1. The molecule has 1 aliphatic heterocycles. The quantitative estimate of drug-likeness (QED) is 0.788. The average molecular weight is 338 g/mol. The second kappa shape index (κ2) is 9.59. The molecule has 1 N–H and O–H groups in total. The smallest absolute Gasteiger partial charge is 0.257 e. The molecule has 6 heteroatoms. The Morgan fingerprint density at radius 2 is 2.04 bits per heavy atom. The number of rotatable bonds is 8. The van der Waals surface area contributed by atoms with Crippen molar-refractivity contribution < 1.29 is 18.7 Å². The van der Waals surface area contributed by atoms with Crippen molar-refractivity contribution in [2.75, 3.05) is 39.5 Å². The molecule has 1 atom stereocenters. The van der Waals surface area contributed by atoms with Gasteiger partial charge in [-0.05, 0) is 24.5 Å². The maximum atomic E-state index is 13.5. The van der Waals surface area contributed by atoms with Crippen LogP contribution in [0.25, 0.3) is 0 Å². The van der Waals surface area contributed by atoms with Gasteiger partial charge in [0.1, 0.15) is 0 Å². The molecule has 1 aliphatic rings. The van der Waals surface area contributed by atoms with E-state index in [9.17, 15) is 9.18 Å². The number of amides is 1. The lowest BCUT2D eigenvalue weighted by Gasteiger charge is -2.35. The molecule has 0 spiro atoms. The van der Waals surface area contributed by atoms with Crippen molar-refractivity contribution in [2.24, 2.45) is 5.92 Å². The van der Waals surface area contributed by atoms with Crippen LogP contribution in [0.2, 0.25) is 0 Å². The van der Waals surface area contributed by atoms with E-state index in [0.29, 0.717) is 12.5 Å². The van der Waals surface area contributed by atoms with Gasteiger partial charge in [0.15, 0.2) is 18.2 Å². The molecule has 5 nitrogen and oxygen atoms in total. The van der Waals surface area contributed by atoms with Crippen LogP contribution < -0.4 is 10.1 Å². The summed E-state index contributed by atoms with van der Waals surface area (Å²) < 4.78 is 24.1. The zero-order valence-corrected chi connectivity index (χ0v) is 14.5. The molecule has 1 fully saturated rings. The molecule has 0 aromatic heterocycles. The predicted octanol–water partition coefficient (Wildman–Crippen LogP) is 2.07. The topological polar surface area (TPSA) is 50.8 Å². The van der Waals surface area contributed by atoms with Gasteiger partial charge in [-0.3, -0.25) is 9.69 Å². The highest BCUT2D eigenvalue weighted by Crippen LogP contribution is 2.15. The van der Waals surface area contributed by atoms with E-state index in [0.717, 1.165) is 32.7 Å². The lowest BCUT2D eigenvalue weighted by atomic mass is 10.0. The van der Waals surface area contributed by atoms with Crippen LogP contribution in [0.3, 0.4) is 0 Å². The van der Waals surface area contributed by atoms with Gasteiger partial charge in [0, 0.05) is 25.7 Å². The van der Waals surface area contributed by atoms with Crippen molar-refractivity contribution in [2.45, 2.75) is 26.3 Å². The Morgan fingerprint density at radius 3 is 2.71 bits per heavy atom. The summed E-state index contributed by atoms with van der Waals surface area (Å²) in [6, 6.07) is 6.36. The van der Waals surface area contributed by atoms with Gasteiger partial charge in [0.05, 0.1) is 13.2 Å². The molecule has 0 aliphatic carbocycles. The first-order valence-corrected chi connectivity index (χ1v) is 8.52. The summed E-state index contributed by atoms with van der Waals surface area (Å²) in [4.78, 5) is 14.4. The van der Waals surface area contributed by atoms with Crippen LogP contribution >= 0.6 is 0 Å². The molecule has 0 saturated carbocycles. The highest BCUT2D eigenvalue weighted by Gasteiger charge is 2.22. The summed E-state index contributed by atoms with van der Waals surface area (Å²) in [6.45, 7) is 7.99. The number of hydrogen-bond donors (Lipinski definition) is 1. The summed E-state index contributed by atoms with van der Waals surface area (Å²) in [7, 11) is 0. The fraction of sp³-hybridized carbons (Fsp3) is 0.611. The summed E-state index contributed by atoms with van der Waals surface area (Å²) in [6.07, 6.45) is 1.01. The third-order valence-electron chi connectivity index (χ3n) is 4.04. The Balaban J connectivity index is 1.79. The molecule has 1 aromatic rings. The highest BCUT2D eigenvalue weighted by atomic mass is 19.1. The monoisotopic (exact) mass is 338 g/mol. The number of para-hydroxylation sites is 1. The van der Waals surface area contributed by atoms with Crippen LogP contribution in [0, 0.1) is 11.7 Å². The van der Waals surface area contributed by atoms with Crippen molar-refractivity contribution in [3.63, 3.8) is 0 Å². The van der Waals surface area contributed by atoms with E-state index in [4.69, 9.17) is 9.47 Å². The van der Waals surface area contributed by atoms with Crippen LogP contribution in [0.1, 0.15) is 20.3 Å². The van der Waals surface area contributed by atoms with Crippen LogP contribution in [0.15, 0.2) is 24.3 Å². The summed E-state index contributed by atoms with van der Waals surface area (Å²) in [5.41, 5.74) is 0. The van der Waals surface area contributed by atoms with Crippen LogP contribution in [-0.2, 0) is 9.53 Å². The zero-order valence-electron chi connectivity index (χ0n) is 14.5. The van der Waals surface area contributed by atoms with Crippen molar-refractivity contribution in [3.05, 3.63) is 30.1 Å². The fourth-order valence-electron chi connectivity index (χ4n) is 2.84. The molecule has 2 rings (SSSR count). The number of hydrogen-bond acceptors (Lipinski definition) is 4. The number of nitrogens with one attached hydrogen (secondary N) is 1. The number of carbonyl (C=O) groups is 1. The van der Waals surface area contributed by atoms with E-state index in [1.54, 1.807) is 12.1 Å². The van der Waals surface area contributed by atoms with E-state index in [2.05, 4.69) is 24.1 Å². The minimum atomic E-state index is -0.462. The highest BCUT2D eigenvalue weighted by molar-refractivity contribution is 5.77. The number of ether oxygens (including phenoxy) is 2. The molecule has 134 valence electrons. The van der Waals surface area contributed by atoms with E-state index in [-0.39, 0.29) is 24.3 Å². The minimum Gasteiger partial charge on any atom is -0.481 e. The van der Waals surface area contributed by atoms with Crippen molar-refractivity contribution >= 4 is 5.91 Å².